The molecule has 5 nitrogen and oxygen atoms in total. The second kappa shape index (κ2) is 6.47. The molecule has 6 heteroatoms. The number of nitrogens with zero attached hydrogens (tertiary/aromatic N) is 2. The van der Waals surface area contributed by atoms with Crippen molar-refractivity contribution in [3.05, 3.63) is 33.9 Å². The number of nitro benzene ring substituents is 1. The van der Waals surface area contributed by atoms with Crippen molar-refractivity contribution in [2.45, 2.75) is 25.2 Å². The lowest BCUT2D eigenvalue weighted by Gasteiger charge is -2.35. The SMILES string of the molecule is CSc1ccc([N+](=O)[O-])c(C(=O)N2CC(C)CC(C)C2)c1. The van der Waals surface area contributed by atoms with Crippen LogP contribution in [-0.4, -0.2) is 35.1 Å². The van der Waals surface area contributed by atoms with Gasteiger partial charge in [-0.3, -0.25) is 14.9 Å². The molecule has 0 N–H and O–H groups in total. The molecule has 0 saturated carbocycles. The van der Waals surface area contributed by atoms with E-state index in [2.05, 4.69) is 13.8 Å². The van der Waals surface area contributed by atoms with Gasteiger partial charge in [0.15, 0.2) is 0 Å². The number of carbonyl (C=O) groups is 1. The van der Waals surface area contributed by atoms with Gasteiger partial charge in [-0.2, -0.15) is 0 Å². The van der Waals surface area contributed by atoms with Crippen molar-refractivity contribution in [3.63, 3.8) is 0 Å². The van der Waals surface area contributed by atoms with E-state index < -0.39 is 4.92 Å². The smallest absolute Gasteiger partial charge is 0.282 e. The van der Waals surface area contributed by atoms with Gasteiger partial charge in [-0.15, -0.1) is 11.8 Å². The van der Waals surface area contributed by atoms with E-state index >= 15 is 0 Å². The number of rotatable bonds is 3. The van der Waals surface area contributed by atoms with Crippen molar-refractivity contribution in [2.75, 3.05) is 19.3 Å². The van der Waals surface area contributed by atoms with E-state index in [0.29, 0.717) is 24.9 Å². The minimum absolute atomic E-state index is 0.108. The molecule has 2 rings (SSSR count). The van der Waals surface area contributed by atoms with E-state index in [1.165, 1.54) is 17.8 Å². The number of likely N-dealkylation sites (tertiary alicyclic amines) is 1. The molecule has 0 aromatic heterocycles. The molecule has 0 aliphatic carbocycles. The van der Waals surface area contributed by atoms with Crippen molar-refractivity contribution < 1.29 is 9.72 Å². The molecule has 114 valence electrons. The zero-order valence-corrected chi connectivity index (χ0v) is 13.4. The summed E-state index contributed by atoms with van der Waals surface area (Å²) in [5.41, 5.74) is 0.0943. The lowest BCUT2D eigenvalue weighted by atomic mass is 9.91. The highest BCUT2D eigenvalue weighted by atomic mass is 32.2. The molecule has 0 spiro atoms. The minimum Gasteiger partial charge on any atom is -0.338 e. The molecule has 1 amide bonds. The summed E-state index contributed by atoms with van der Waals surface area (Å²) in [5.74, 6) is 0.636. The van der Waals surface area contributed by atoms with Crippen molar-refractivity contribution in [3.8, 4) is 0 Å². The predicted molar refractivity (Wildman–Crippen MR) is 83.7 cm³/mol. The Bertz CT molecular complexity index is 552. The van der Waals surface area contributed by atoms with Crippen LogP contribution in [0.2, 0.25) is 0 Å². The Labute approximate surface area is 128 Å². The number of hydrogen-bond acceptors (Lipinski definition) is 4. The normalized spacial score (nSPS) is 22.1. The molecule has 21 heavy (non-hydrogen) atoms. The Balaban J connectivity index is 2.35. The summed E-state index contributed by atoms with van der Waals surface area (Å²) in [7, 11) is 0. The van der Waals surface area contributed by atoms with Crippen LogP contribution in [0, 0.1) is 22.0 Å². The van der Waals surface area contributed by atoms with E-state index in [-0.39, 0.29) is 17.2 Å². The number of amides is 1. The summed E-state index contributed by atoms with van der Waals surface area (Å²) in [5, 5.41) is 11.2. The number of carbonyl (C=O) groups excluding carboxylic acids is 1. The molecule has 0 radical (unpaired) electrons. The Hall–Kier alpha value is -1.56. The lowest BCUT2D eigenvalue weighted by molar-refractivity contribution is -0.385. The first-order valence-electron chi connectivity index (χ1n) is 7.04. The molecule has 0 bridgehead atoms. The Kier molecular flexibility index (Phi) is 4.88. The standard InChI is InChI=1S/C15H20N2O3S/c1-10-6-11(2)9-16(8-10)15(18)13-7-12(21-3)4-5-14(13)17(19)20/h4-5,7,10-11H,6,8-9H2,1-3H3. The first kappa shape index (κ1) is 15.8. The Morgan fingerprint density at radius 3 is 2.48 bits per heavy atom. The van der Waals surface area contributed by atoms with Crippen molar-refractivity contribution >= 4 is 23.4 Å². The molecule has 1 saturated heterocycles. The van der Waals surface area contributed by atoms with Crippen LogP contribution in [0.25, 0.3) is 0 Å². The second-order valence-electron chi connectivity index (χ2n) is 5.80. The largest absolute Gasteiger partial charge is 0.338 e. The highest BCUT2D eigenvalue weighted by Gasteiger charge is 2.30. The average molecular weight is 308 g/mol. The molecular weight excluding hydrogens is 288 g/mol. The maximum absolute atomic E-state index is 12.7. The fourth-order valence-corrected chi connectivity index (χ4v) is 3.41. The minimum atomic E-state index is -0.478. The molecular formula is C15H20N2O3S. The van der Waals surface area contributed by atoms with E-state index in [1.807, 2.05) is 6.26 Å². The van der Waals surface area contributed by atoms with Gasteiger partial charge in [0.1, 0.15) is 5.56 Å². The number of piperidine rings is 1. The van der Waals surface area contributed by atoms with Crippen LogP contribution in [0.3, 0.4) is 0 Å². The number of hydrogen-bond donors (Lipinski definition) is 0. The number of thioether (sulfide) groups is 1. The topological polar surface area (TPSA) is 63.5 Å². The van der Waals surface area contributed by atoms with Gasteiger partial charge in [0.25, 0.3) is 11.6 Å². The molecule has 1 aliphatic heterocycles. The molecule has 1 aromatic carbocycles. The van der Waals surface area contributed by atoms with Crippen LogP contribution in [0.4, 0.5) is 5.69 Å². The molecule has 1 fully saturated rings. The summed E-state index contributed by atoms with van der Waals surface area (Å²) in [6, 6.07) is 4.74. The fraction of sp³-hybridized carbons (Fsp3) is 0.533. The van der Waals surface area contributed by atoms with E-state index in [0.717, 1.165) is 11.3 Å². The summed E-state index contributed by atoms with van der Waals surface area (Å²) < 4.78 is 0. The summed E-state index contributed by atoms with van der Waals surface area (Å²) in [6.07, 6.45) is 2.98. The molecule has 2 atom stereocenters. The predicted octanol–water partition coefficient (Wildman–Crippen LogP) is 3.43. The fourth-order valence-electron chi connectivity index (χ4n) is 2.97. The third-order valence-corrected chi connectivity index (χ3v) is 4.51. The number of nitro groups is 1. The van der Waals surface area contributed by atoms with Gasteiger partial charge in [0, 0.05) is 24.1 Å². The monoisotopic (exact) mass is 308 g/mol. The van der Waals surface area contributed by atoms with Crippen LogP contribution in [0.1, 0.15) is 30.6 Å². The van der Waals surface area contributed by atoms with Crippen molar-refractivity contribution in [1.29, 1.82) is 0 Å². The zero-order chi connectivity index (χ0) is 15.6. The molecule has 1 aliphatic rings. The van der Waals surface area contributed by atoms with Gasteiger partial charge in [-0.25, -0.2) is 0 Å². The lowest BCUT2D eigenvalue weighted by Crippen LogP contribution is -2.42. The third kappa shape index (κ3) is 3.56. The third-order valence-electron chi connectivity index (χ3n) is 3.79. The van der Waals surface area contributed by atoms with Crippen LogP contribution in [0.5, 0.6) is 0 Å². The highest BCUT2D eigenvalue weighted by molar-refractivity contribution is 7.98. The van der Waals surface area contributed by atoms with Crippen LogP contribution in [-0.2, 0) is 0 Å². The van der Waals surface area contributed by atoms with Crippen LogP contribution in [0.15, 0.2) is 23.1 Å². The van der Waals surface area contributed by atoms with Gasteiger partial charge in [-0.1, -0.05) is 13.8 Å². The van der Waals surface area contributed by atoms with Crippen molar-refractivity contribution in [1.82, 2.24) is 4.90 Å². The zero-order valence-electron chi connectivity index (χ0n) is 12.5. The Morgan fingerprint density at radius 2 is 1.95 bits per heavy atom. The molecule has 1 aromatic rings. The Morgan fingerprint density at radius 1 is 1.33 bits per heavy atom. The highest BCUT2D eigenvalue weighted by Crippen LogP contribution is 2.28. The summed E-state index contributed by atoms with van der Waals surface area (Å²) in [6.45, 7) is 5.57. The first-order chi connectivity index (χ1) is 9.92. The maximum atomic E-state index is 12.7. The average Bonchev–Trinajstić information content (AvgIpc) is 2.44. The van der Waals surface area contributed by atoms with Gasteiger partial charge in [-0.05, 0) is 36.6 Å². The van der Waals surface area contributed by atoms with E-state index in [1.54, 1.807) is 17.0 Å². The molecule has 2 unspecified atom stereocenters. The van der Waals surface area contributed by atoms with E-state index in [9.17, 15) is 14.9 Å². The van der Waals surface area contributed by atoms with Gasteiger partial charge in [0.2, 0.25) is 0 Å². The van der Waals surface area contributed by atoms with E-state index in [4.69, 9.17) is 0 Å². The van der Waals surface area contributed by atoms with Gasteiger partial charge in [0.05, 0.1) is 4.92 Å². The first-order valence-corrected chi connectivity index (χ1v) is 8.26. The van der Waals surface area contributed by atoms with Crippen molar-refractivity contribution in [2.24, 2.45) is 11.8 Å². The van der Waals surface area contributed by atoms with Gasteiger partial charge >= 0.3 is 0 Å². The second-order valence-corrected chi connectivity index (χ2v) is 6.68. The quantitative estimate of drug-likeness (QED) is 0.487. The van der Waals surface area contributed by atoms with Gasteiger partial charge < -0.3 is 4.90 Å². The maximum Gasteiger partial charge on any atom is 0.282 e. The summed E-state index contributed by atoms with van der Waals surface area (Å²) in [4.78, 5) is 26.0. The summed E-state index contributed by atoms with van der Waals surface area (Å²) >= 11 is 1.48. The number of benzene rings is 1. The van der Waals surface area contributed by atoms with Crippen LogP contribution < -0.4 is 0 Å². The molecule has 1 heterocycles. The van der Waals surface area contributed by atoms with Crippen LogP contribution >= 0.6 is 11.8 Å².